The van der Waals surface area contributed by atoms with Crippen molar-refractivity contribution in [3.8, 4) is 5.75 Å². The Hall–Kier alpha value is -1.55. The summed E-state index contributed by atoms with van der Waals surface area (Å²) in [5, 5.41) is 9.56. The van der Waals surface area contributed by atoms with E-state index < -0.39 is 5.97 Å². The number of hydrogen-bond acceptors (Lipinski definition) is 4. The molecule has 4 nitrogen and oxygen atoms in total. The van der Waals surface area contributed by atoms with Gasteiger partial charge < -0.3 is 14.7 Å². The molecule has 0 amide bonds. The summed E-state index contributed by atoms with van der Waals surface area (Å²) in [4.78, 5) is 14.0. The number of hydrogen-bond donors (Lipinski definition) is 1. The Kier molecular flexibility index (Phi) is 5.65. The summed E-state index contributed by atoms with van der Waals surface area (Å²) in [6.45, 7) is 8.55. The summed E-state index contributed by atoms with van der Waals surface area (Å²) in [5.74, 6) is -0.523. The van der Waals surface area contributed by atoms with Gasteiger partial charge in [-0.15, -0.1) is 0 Å². The lowest BCUT2D eigenvalue weighted by atomic mass is 10.2. The van der Waals surface area contributed by atoms with E-state index in [1.807, 2.05) is 6.92 Å². The fourth-order valence-electron chi connectivity index (χ4n) is 1.78. The van der Waals surface area contributed by atoms with Crippen LogP contribution < -0.4 is 0 Å². The highest BCUT2D eigenvalue weighted by Gasteiger charge is 2.16. The van der Waals surface area contributed by atoms with Gasteiger partial charge in [0.25, 0.3) is 0 Å². The van der Waals surface area contributed by atoms with Gasteiger partial charge in [-0.1, -0.05) is 26.0 Å². The molecule has 1 unspecified atom stereocenters. The number of para-hydroxylation sites is 1. The molecule has 0 aliphatic carbocycles. The predicted molar refractivity (Wildman–Crippen MR) is 70.8 cm³/mol. The van der Waals surface area contributed by atoms with E-state index in [1.165, 1.54) is 6.07 Å². The molecule has 0 spiro atoms. The predicted octanol–water partition coefficient (Wildman–Crippen LogP) is 2.28. The fourth-order valence-corrected chi connectivity index (χ4v) is 1.78. The molecular weight excluding hydrogens is 230 g/mol. The van der Waals surface area contributed by atoms with Crippen LogP contribution in [-0.2, 0) is 4.74 Å². The van der Waals surface area contributed by atoms with E-state index in [0.29, 0.717) is 6.54 Å². The second-order valence-electron chi connectivity index (χ2n) is 4.22. The Labute approximate surface area is 108 Å². The molecule has 0 radical (unpaired) electrons. The summed E-state index contributed by atoms with van der Waals surface area (Å²) in [6.07, 6.45) is -0.197. The number of nitrogens with zero attached hydrogens (tertiary/aromatic N) is 1. The van der Waals surface area contributed by atoms with Crippen LogP contribution in [-0.4, -0.2) is 41.7 Å². The molecule has 1 rings (SSSR count). The molecule has 0 saturated heterocycles. The number of rotatable bonds is 6. The third-order valence-electron chi connectivity index (χ3n) is 2.84. The number of phenols is 1. The lowest BCUT2D eigenvalue weighted by Crippen LogP contribution is -2.33. The smallest absolute Gasteiger partial charge is 0.342 e. The zero-order valence-corrected chi connectivity index (χ0v) is 11.2. The first kappa shape index (κ1) is 14.5. The highest BCUT2D eigenvalue weighted by Crippen LogP contribution is 2.17. The van der Waals surface area contributed by atoms with Crippen LogP contribution in [0.15, 0.2) is 24.3 Å². The van der Waals surface area contributed by atoms with Gasteiger partial charge >= 0.3 is 5.97 Å². The van der Waals surface area contributed by atoms with E-state index >= 15 is 0 Å². The molecule has 18 heavy (non-hydrogen) atoms. The van der Waals surface area contributed by atoms with Gasteiger partial charge in [-0.3, -0.25) is 0 Å². The van der Waals surface area contributed by atoms with Gasteiger partial charge in [0.2, 0.25) is 0 Å². The lowest BCUT2D eigenvalue weighted by Gasteiger charge is -2.22. The zero-order chi connectivity index (χ0) is 13.5. The molecule has 1 N–H and O–H groups in total. The molecule has 0 bridgehead atoms. The number of benzene rings is 1. The third-order valence-corrected chi connectivity index (χ3v) is 2.84. The van der Waals surface area contributed by atoms with Crippen LogP contribution in [0, 0.1) is 0 Å². The number of carbonyl (C=O) groups excluding carboxylic acids is 1. The number of carbonyl (C=O) groups is 1. The third kappa shape index (κ3) is 4.04. The van der Waals surface area contributed by atoms with Crippen LogP contribution >= 0.6 is 0 Å². The molecule has 1 aromatic rings. The normalized spacial score (nSPS) is 12.4. The van der Waals surface area contributed by atoms with Gasteiger partial charge in [0.05, 0.1) is 0 Å². The summed E-state index contributed by atoms with van der Waals surface area (Å²) in [5.41, 5.74) is 0.212. The van der Waals surface area contributed by atoms with Crippen LogP contribution in [0.3, 0.4) is 0 Å². The number of phenolic OH excluding ortho intramolecular Hbond substituents is 1. The standard InChI is InChI=1S/C14H21NO3/c1-4-15(5-2)10-11(3)18-14(17)12-8-6-7-9-13(12)16/h6-9,11,16H,4-5,10H2,1-3H3. The zero-order valence-electron chi connectivity index (χ0n) is 11.2. The van der Waals surface area contributed by atoms with Crippen molar-refractivity contribution in [1.29, 1.82) is 0 Å². The highest BCUT2D eigenvalue weighted by atomic mass is 16.5. The molecule has 0 saturated carbocycles. The van der Waals surface area contributed by atoms with Crippen molar-refractivity contribution in [2.75, 3.05) is 19.6 Å². The van der Waals surface area contributed by atoms with Crippen molar-refractivity contribution in [1.82, 2.24) is 4.90 Å². The molecule has 100 valence electrons. The first-order valence-electron chi connectivity index (χ1n) is 6.29. The van der Waals surface area contributed by atoms with E-state index in [1.54, 1.807) is 18.2 Å². The largest absolute Gasteiger partial charge is 0.507 e. The van der Waals surface area contributed by atoms with E-state index in [-0.39, 0.29) is 17.4 Å². The average Bonchev–Trinajstić information content (AvgIpc) is 2.36. The molecular formula is C14H21NO3. The van der Waals surface area contributed by atoms with Gasteiger partial charge in [-0.05, 0) is 32.1 Å². The topological polar surface area (TPSA) is 49.8 Å². The quantitative estimate of drug-likeness (QED) is 0.788. The Morgan fingerprint density at radius 1 is 1.33 bits per heavy atom. The maximum atomic E-state index is 11.8. The number of esters is 1. The van der Waals surface area contributed by atoms with Crippen LogP contribution in [0.4, 0.5) is 0 Å². The van der Waals surface area contributed by atoms with Crippen LogP contribution in [0.5, 0.6) is 5.75 Å². The average molecular weight is 251 g/mol. The maximum Gasteiger partial charge on any atom is 0.342 e. The van der Waals surface area contributed by atoms with Crippen molar-refractivity contribution in [3.05, 3.63) is 29.8 Å². The van der Waals surface area contributed by atoms with Gasteiger partial charge in [-0.25, -0.2) is 4.79 Å². The molecule has 0 heterocycles. The number of likely N-dealkylation sites (N-methyl/N-ethyl adjacent to an activating group) is 1. The minimum Gasteiger partial charge on any atom is -0.507 e. The summed E-state index contributed by atoms with van der Waals surface area (Å²) in [7, 11) is 0. The minimum absolute atomic E-state index is 0.0439. The van der Waals surface area contributed by atoms with E-state index in [2.05, 4.69) is 18.7 Å². The number of aromatic hydroxyl groups is 1. The number of ether oxygens (including phenoxy) is 1. The summed E-state index contributed by atoms with van der Waals surface area (Å²) in [6, 6.07) is 6.41. The Bertz CT molecular complexity index is 388. The van der Waals surface area contributed by atoms with Crippen molar-refractivity contribution < 1.29 is 14.6 Å². The van der Waals surface area contributed by atoms with Gasteiger partial charge in [-0.2, -0.15) is 0 Å². The monoisotopic (exact) mass is 251 g/mol. The Morgan fingerprint density at radius 2 is 1.94 bits per heavy atom. The van der Waals surface area contributed by atoms with Gasteiger partial charge in [0, 0.05) is 6.54 Å². The summed E-state index contributed by atoms with van der Waals surface area (Å²) >= 11 is 0. The second-order valence-corrected chi connectivity index (χ2v) is 4.22. The van der Waals surface area contributed by atoms with Crippen molar-refractivity contribution in [2.24, 2.45) is 0 Å². The first-order valence-corrected chi connectivity index (χ1v) is 6.29. The first-order chi connectivity index (χ1) is 8.58. The molecule has 0 aliphatic rings. The van der Waals surface area contributed by atoms with Gasteiger partial charge in [0.1, 0.15) is 17.4 Å². The Morgan fingerprint density at radius 3 is 2.50 bits per heavy atom. The highest BCUT2D eigenvalue weighted by molar-refractivity contribution is 5.92. The van der Waals surface area contributed by atoms with Crippen molar-refractivity contribution in [3.63, 3.8) is 0 Å². The summed E-state index contributed by atoms with van der Waals surface area (Å²) < 4.78 is 5.31. The van der Waals surface area contributed by atoms with Crippen molar-refractivity contribution in [2.45, 2.75) is 26.9 Å². The van der Waals surface area contributed by atoms with Crippen molar-refractivity contribution >= 4 is 5.97 Å². The fraction of sp³-hybridized carbons (Fsp3) is 0.500. The SMILES string of the molecule is CCN(CC)CC(C)OC(=O)c1ccccc1O. The molecule has 1 atom stereocenters. The minimum atomic E-state index is -0.479. The van der Waals surface area contributed by atoms with E-state index in [0.717, 1.165) is 13.1 Å². The van der Waals surface area contributed by atoms with Crippen LogP contribution in [0.2, 0.25) is 0 Å². The van der Waals surface area contributed by atoms with Gasteiger partial charge in [0.15, 0.2) is 0 Å². The van der Waals surface area contributed by atoms with E-state index in [9.17, 15) is 9.90 Å². The molecule has 0 aromatic heterocycles. The maximum absolute atomic E-state index is 11.8. The van der Waals surface area contributed by atoms with E-state index in [4.69, 9.17) is 4.74 Å². The van der Waals surface area contributed by atoms with Crippen LogP contribution in [0.1, 0.15) is 31.1 Å². The van der Waals surface area contributed by atoms with Crippen LogP contribution in [0.25, 0.3) is 0 Å². The second kappa shape index (κ2) is 7.01. The molecule has 0 aliphatic heterocycles. The molecule has 0 fully saturated rings. The lowest BCUT2D eigenvalue weighted by molar-refractivity contribution is 0.0257. The Balaban J connectivity index is 2.57. The molecule has 4 heteroatoms. The molecule has 1 aromatic carbocycles.